The average molecular weight is 273 g/mol. The predicted octanol–water partition coefficient (Wildman–Crippen LogP) is 0.344. The first-order valence-electron chi connectivity index (χ1n) is 4.52. The number of carbonyl (C=O) groups is 1. The zero-order chi connectivity index (χ0) is 12.8. The van der Waals surface area contributed by atoms with Crippen LogP contribution >= 0.6 is 24.8 Å². The van der Waals surface area contributed by atoms with Gasteiger partial charge in [0.15, 0.2) is 10.3 Å². The topological polar surface area (TPSA) is 121 Å². The monoisotopic (exact) mass is 273 g/mol. The minimum atomic E-state index is -1.00. The maximum absolute atomic E-state index is 9.76. The van der Waals surface area contributed by atoms with Crippen molar-refractivity contribution < 1.29 is 9.90 Å². The zero-order valence-corrected chi connectivity index (χ0v) is 10.3. The van der Waals surface area contributed by atoms with Crippen LogP contribution in [0.1, 0.15) is 0 Å². The largest absolute Gasteiger partial charge is 0.480 e. The van der Waals surface area contributed by atoms with Crippen molar-refractivity contribution >= 4 is 42.0 Å². The molecule has 2 aromatic heterocycles. The number of thiol groups is 1. The van der Waals surface area contributed by atoms with Crippen molar-refractivity contribution in [2.45, 2.75) is 6.04 Å². The second kappa shape index (κ2) is 6.33. The number of aliphatic carboxylic acids is 1. The second-order valence-corrected chi connectivity index (χ2v) is 3.71. The lowest BCUT2D eigenvalue weighted by molar-refractivity contribution is -0.137. The number of nitrogens with zero attached hydrogens (tertiary/aromatic N) is 2. The smallest absolute Gasteiger partial charge is 0.321 e. The van der Waals surface area contributed by atoms with Gasteiger partial charge in [-0.2, -0.15) is 12.6 Å². The van der Waals surface area contributed by atoms with Crippen LogP contribution in [0.4, 0.5) is 0 Å². The second-order valence-electron chi connectivity index (χ2n) is 2.96. The van der Waals surface area contributed by atoms with Crippen molar-refractivity contribution in [1.29, 1.82) is 0 Å². The molecule has 9 heteroatoms. The van der Waals surface area contributed by atoms with Crippen LogP contribution in [0.2, 0.25) is 0 Å². The summed E-state index contributed by atoms with van der Waals surface area (Å²) < 4.78 is 0.547. The van der Waals surface area contributed by atoms with Crippen LogP contribution in [-0.2, 0) is 4.79 Å². The molecule has 0 aliphatic carbocycles. The van der Waals surface area contributed by atoms with Gasteiger partial charge in [-0.25, -0.2) is 9.97 Å². The Morgan fingerprint density at radius 1 is 1.53 bits per heavy atom. The van der Waals surface area contributed by atoms with Crippen LogP contribution in [0.3, 0.4) is 0 Å². The van der Waals surface area contributed by atoms with Gasteiger partial charge in [-0.3, -0.25) is 4.79 Å². The maximum Gasteiger partial charge on any atom is 0.321 e. The van der Waals surface area contributed by atoms with Crippen LogP contribution in [0.15, 0.2) is 12.7 Å². The number of hydrogen-bond donors (Lipinski definition) is 5. The molecule has 0 spiro atoms. The average Bonchev–Trinajstić information content (AvgIpc) is 2.78. The Hall–Kier alpha value is -1.45. The SMILES string of the molecule is N[C@@H](CS)C(=O)O.S=c1nc[nH]c2nc[nH]c12. The third-order valence-electron chi connectivity index (χ3n) is 1.75. The fourth-order valence-electron chi connectivity index (χ4n) is 0.861. The molecule has 0 unspecified atom stereocenters. The van der Waals surface area contributed by atoms with Crippen LogP contribution in [0.5, 0.6) is 0 Å². The van der Waals surface area contributed by atoms with Gasteiger partial charge >= 0.3 is 5.97 Å². The minimum absolute atomic E-state index is 0.190. The first-order valence-corrected chi connectivity index (χ1v) is 5.56. The number of imidazole rings is 1. The van der Waals surface area contributed by atoms with Gasteiger partial charge in [0.05, 0.1) is 12.7 Å². The lowest BCUT2D eigenvalue weighted by atomic mass is 10.4. The van der Waals surface area contributed by atoms with Gasteiger partial charge in [-0.05, 0) is 0 Å². The Morgan fingerprint density at radius 3 is 2.65 bits per heavy atom. The molecule has 92 valence electrons. The standard InChI is InChI=1S/C5H4N4S.C3H7NO2S/c10-5-3-4(7-1-6-3)8-2-9-5;4-2(1-7)3(5)6/h1-2H,(H2,6,7,8,9,10);2,7H,1,4H2,(H,5,6)/t;2-/m.0/s1. The number of fused-ring (bicyclic) bond motifs is 1. The summed E-state index contributed by atoms with van der Waals surface area (Å²) in [6, 6.07) is -0.816. The van der Waals surface area contributed by atoms with Crippen molar-refractivity contribution in [2.24, 2.45) is 5.73 Å². The quantitative estimate of drug-likeness (QED) is 0.397. The Morgan fingerprint density at radius 2 is 2.18 bits per heavy atom. The van der Waals surface area contributed by atoms with E-state index in [9.17, 15) is 4.79 Å². The lowest BCUT2D eigenvalue weighted by Crippen LogP contribution is -2.31. The molecule has 0 aliphatic heterocycles. The van der Waals surface area contributed by atoms with E-state index in [1.807, 2.05) is 0 Å². The maximum atomic E-state index is 9.76. The predicted molar refractivity (Wildman–Crippen MR) is 68.5 cm³/mol. The van der Waals surface area contributed by atoms with Gasteiger partial charge in [-0.15, -0.1) is 0 Å². The number of carboxylic acid groups (broad SMARTS) is 1. The zero-order valence-electron chi connectivity index (χ0n) is 8.62. The first-order chi connectivity index (χ1) is 8.06. The third kappa shape index (κ3) is 3.80. The fraction of sp³-hybridized carbons (Fsp3) is 0.250. The van der Waals surface area contributed by atoms with Gasteiger partial charge in [0.1, 0.15) is 11.6 Å². The molecule has 0 saturated heterocycles. The minimum Gasteiger partial charge on any atom is -0.480 e. The van der Waals surface area contributed by atoms with Gasteiger partial charge in [0.25, 0.3) is 0 Å². The van der Waals surface area contributed by atoms with Crippen LogP contribution in [-0.4, -0.2) is 42.8 Å². The van der Waals surface area contributed by atoms with Gasteiger partial charge in [0, 0.05) is 5.75 Å². The molecule has 5 N–H and O–H groups in total. The molecule has 0 bridgehead atoms. The Balaban J connectivity index is 0.000000185. The summed E-state index contributed by atoms with van der Waals surface area (Å²) in [5.41, 5.74) is 6.48. The van der Waals surface area contributed by atoms with E-state index in [-0.39, 0.29) is 5.75 Å². The highest BCUT2D eigenvalue weighted by Gasteiger charge is 2.06. The number of H-pyrrole nitrogens is 2. The van der Waals surface area contributed by atoms with Crippen molar-refractivity contribution in [3.05, 3.63) is 17.3 Å². The number of carboxylic acids is 1. The molecular formula is C8H11N5O2S2. The molecule has 0 fully saturated rings. The summed E-state index contributed by atoms with van der Waals surface area (Å²) in [4.78, 5) is 23.3. The summed E-state index contributed by atoms with van der Waals surface area (Å²) in [7, 11) is 0. The third-order valence-corrected chi connectivity index (χ3v) is 2.45. The number of rotatable bonds is 2. The molecular weight excluding hydrogens is 262 g/mol. The first kappa shape index (κ1) is 13.6. The van der Waals surface area contributed by atoms with E-state index in [1.54, 1.807) is 6.33 Å². The molecule has 7 nitrogen and oxygen atoms in total. The Kier molecular flexibility index (Phi) is 5.07. The van der Waals surface area contributed by atoms with E-state index in [1.165, 1.54) is 6.33 Å². The van der Waals surface area contributed by atoms with Crippen LogP contribution in [0.25, 0.3) is 11.2 Å². The number of aromatic amines is 2. The molecule has 2 aromatic rings. The van der Waals surface area contributed by atoms with Crippen LogP contribution < -0.4 is 5.73 Å². The van der Waals surface area contributed by atoms with Crippen molar-refractivity contribution in [3.63, 3.8) is 0 Å². The normalized spacial score (nSPS) is 11.6. The number of nitrogens with one attached hydrogen (secondary N) is 2. The summed E-state index contributed by atoms with van der Waals surface area (Å²) in [6.07, 6.45) is 3.12. The highest BCUT2D eigenvalue weighted by Crippen LogP contribution is 2.02. The van der Waals surface area contributed by atoms with E-state index in [4.69, 9.17) is 23.1 Å². The molecule has 1 atom stereocenters. The van der Waals surface area contributed by atoms with Gasteiger partial charge in [0.2, 0.25) is 0 Å². The molecule has 0 aliphatic rings. The van der Waals surface area contributed by atoms with Crippen molar-refractivity contribution in [2.75, 3.05) is 5.75 Å². The molecule has 0 amide bonds. The van der Waals surface area contributed by atoms with E-state index in [2.05, 4.69) is 32.6 Å². The number of aromatic nitrogens is 4. The molecule has 0 aromatic carbocycles. The lowest BCUT2D eigenvalue weighted by Gasteiger charge is -1.96. The summed E-state index contributed by atoms with van der Waals surface area (Å²) in [5.74, 6) is -0.815. The fourth-order valence-corrected chi connectivity index (χ4v) is 1.23. The van der Waals surface area contributed by atoms with Gasteiger partial charge < -0.3 is 20.8 Å². The Labute approximate surface area is 107 Å². The van der Waals surface area contributed by atoms with E-state index < -0.39 is 12.0 Å². The molecule has 17 heavy (non-hydrogen) atoms. The Bertz CT molecular complexity index is 552. The van der Waals surface area contributed by atoms with Crippen molar-refractivity contribution in [1.82, 2.24) is 19.9 Å². The van der Waals surface area contributed by atoms with E-state index in [0.717, 1.165) is 11.2 Å². The molecule has 2 heterocycles. The highest BCUT2D eigenvalue weighted by molar-refractivity contribution is 7.80. The summed E-state index contributed by atoms with van der Waals surface area (Å²) in [6.45, 7) is 0. The highest BCUT2D eigenvalue weighted by atomic mass is 32.1. The van der Waals surface area contributed by atoms with E-state index >= 15 is 0 Å². The summed E-state index contributed by atoms with van der Waals surface area (Å²) >= 11 is 8.55. The molecule has 2 rings (SSSR count). The van der Waals surface area contributed by atoms with E-state index in [0.29, 0.717) is 4.64 Å². The molecule has 0 saturated carbocycles. The molecule has 0 radical (unpaired) electrons. The van der Waals surface area contributed by atoms with Gasteiger partial charge in [-0.1, -0.05) is 12.2 Å². The number of hydrogen-bond acceptors (Lipinski definition) is 6. The van der Waals surface area contributed by atoms with Crippen molar-refractivity contribution in [3.8, 4) is 0 Å². The van der Waals surface area contributed by atoms with Crippen LogP contribution in [0, 0.1) is 4.64 Å². The number of nitrogens with two attached hydrogens (primary N) is 1. The summed E-state index contributed by atoms with van der Waals surface area (Å²) in [5, 5.41) is 8.01.